The minimum Gasteiger partial charge on any atom is -0.759 e. The summed E-state index contributed by atoms with van der Waals surface area (Å²) in [5, 5.41) is 1.33. The van der Waals surface area contributed by atoms with E-state index in [0.717, 1.165) is 5.39 Å². The van der Waals surface area contributed by atoms with Crippen molar-refractivity contribution in [2.24, 2.45) is 0 Å². The maximum absolute atomic E-state index is 11.0. The van der Waals surface area contributed by atoms with Crippen LogP contribution in [0.25, 0.3) is 10.8 Å². The number of benzene rings is 2. The van der Waals surface area contributed by atoms with E-state index in [1.165, 1.54) is 6.07 Å². The Morgan fingerprint density at radius 2 is 1.24 bits per heavy atom. The van der Waals surface area contributed by atoms with Gasteiger partial charge in [0.2, 0.25) is 0 Å². The average molecular weight is 350 g/mol. The van der Waals surface area contributed by atoms with Gasteiger partial charge in [-0.15, -0.1) is 0 Å². The summed E-state index contributed by atoms with van der Waals surface area (Å²) in [5.41, 5.74) is 0. The van der Waals surface area contributed by atoms with E-state index in [1.807, 2.05) is 6.07 Å². The first kappa shape index (κ1) is 23.7. The molecule has 11 heteroatoms. The van der Waals surface area contributed by atoms with Gasteiger partial charge in [-0.1, -0.05) is 36.4 Å². The maximum atomic E-state index is 11.0. The molecule has 0 aliphatic rings. The van der Waals surface area contributed by atoms with Crippen LogP contribution in [0.3, 0.4) is 0 Å². The minimum absolute atomic E-state index is 0. The van der Waals surface area contributed by atoms with E-state index in [0.29, 0.717) is 5.39 Å². The maximum Gasteiger partial charge on any atom is 1.00 e. The molecule has 0 amide bonds. The molecule has 0 aromatic heterocycles. The van der Waals surface area contributed by atoms with E-state index < -0.39 is 20.5 Å². The van der Waals surface area contributed by atoms with Crippen LogP contribution < -0.4 is 59.1 Å². The third kappa shape index (κ3) is 9.26. The van der Waals surface area contributed by atoms with E-state index in [9.17, 15) is 8.42 Å². The molecule has 0 aliphatic carbocycles. The zero-order chi connectivity index (χ0) is 14.7. The first-order chi connectivity index (χ1) is 8.59. The van der Waals surface area contributed by atoms with Crippen molar-refractivity contribution >= 4 is 31.3 Å². The molecule has 0 spiro atoms. The van der Waals surface area contributed by atoms with Gasteiger partial charge in [-0.05, 0) is 11.5 Å². The van der Waals surface area contributed by atoms with Crippen LogP contribution >= 0.6 is 0 Å². The summed E-state index contributed by atoms with van der Waals surface area (Å²) in [6, 6.07) is 11.8. The van der Waals surface area contributed by atoms with Crippen molar-refractivity contribution in [3.05, 3.63) is 42.5 Å². The van der Waals surface area contributed by atoms with Gasteiger partial charge in [0.15, 0.2) is 0 Å². The largest absolute Gasteiger partial charge is 1.00 e. The fraction of sp³-hybridized carbons (Fsp3) is 0. The van der Waals surface area contributed by atoms with Crippen LogP contribution in [0.1, 0.15) is 0 Å². The zero-order valence-corrected chi connectivity index (χ0v) is 16.9. The van der Waals surface area contributed by atoms with Crippen molar-refractivity contribution in [2.75, 3.05) is 0 Å². The molecule has 104 valence electrons. The number of fused-ring (bicyclic) bond motifs is 1. The van der Waals surface area contributed by atoms with Gasteiger partial charge in [0, 0.05) is 15.8 Å². The molecular formula is C10H8Na2O7S2. The fourth-order valence-electron chi connectivity index (χ4n) is 1.42. The van der Waals surface area contributed by atoms with Crippen LogP contribution in [0.5, 0.6) is 0 Å². The molecule has 21 heavy (non-hydrogen) atoms. The Labute approximate surface area is 166 Å². The minimum atomic E-state index is -5.17. The van der Waals surface area contributed by atoms with E-state index in [-0.39, 0.29) is 64.0 Å². The smallest absolute Gasteiger partial charge is 0.759 e. The molecule has 0 atom stereocenters. The van der Waals surface area contributed by atoms with E-state index in [1.54, 1.807) is 30.3 Å². The number of rotatable bonds is 1. The van der Waals surface area contributed by atoms with Crippen molar-refractivity contribution in [3.8, 4) is 0 Å². The molecule has 2 rings (SSSR count). The Hall–Kier alpha value is 0.480. The molecule has 2 aromatic carbocycles. The van der Waals surface area contributed by atoms with Gasteiger partial charge in [0.05, 0.1) is 0 Å². The van der Waals surface area contributed by atoms with E-state index >= 15 is 0 Å². The standard InChI is InChI=1S/C10H8O3S.2Na.H2O4S/c11-14(12,13)10-7-3-5-8-4-1-2-6-9(8)10;;;1-5(2,3)4/h1-7H,(H,11,12,13);;;(H2,1,2,3,4)/q;2*+1;/p-2. The second kappa shape index (κ2) is 9.58. The predicted molar refractivity (Wildman–Crippen MR) is 64.2 cm³/mol. The molecule has 7 nitrogen and oxygen atoms in total. The zero-order valence-electron chi connectivity index (χ0n) is 11.3. The Kier molecular flexibility index (Phi) is 10.8. The summed E-state index contributed by atoms with van der Waals surface area (Å²) < 4.78 is 65.0. The first-order valence-corrected chi connectivity index (χ1v) is 7.48. The number of hydrogen-bond donors (Lipinski definition) is 1. The second-order valence-corrected chi connectivity index (χ2v) is 5.57. The van der Waals surface area contributed by atoms with E-state index in [2.05, 4.69) is 0 Å². The van der Waals surface area contributed by atoms with Gasteiger partial charge in [-0.25, -0.2) is 0 Å². The summed E-state index contributed by atoms with van der Waals surface area (Å²) >= 11 is 0. The SMILES string of the molecule is O=S(=O)(O)c1cccc2ccccc12.O=S(=O)([O-])[O-].[Na+].[Na+]. The topological polar surface area (TPSA) is 135 Å². The van der Waals surface area contributed by atoms with E-state index in [4.69, 9.17) is 22.1 Å². The van der Waals surface area contributed by atoms with Gasteiger partial charge in [0.25, 0.3) is 10.1 Å². The summed E-state index contributed by atoms with van der Waals surface area (Å²) in [5.74, 6) is 0. The third-order valence-corrected chi connectivity index (χ3v) is 2.94. The van der Waals surface area contributed by atoms with Crippen LogP contribution in [-0.2, 0) is 20.5 Å². The second-order valence-electron chi connectivity index (χ2n) is 3.36. The molecule has 0 bridgehead atoms. The average Bonchev–Trinajstić information content (AvgIpc) is 2.25. The third-order valence-electron chi connectivity index (χ3n) is 2.03. The van der Waals surface area contributed by atoms with Gasteiger partial charge in [-0.2, -0.15) is 8.42 Å². The van der Waals surface area contributed by atoms with Crippen LogP contribution in [0.15, 0.2) is 47.4 Å². The molecule has 0 radical (unpaired) electrons. The molecule has 0 heterocycles. The summed E-state index contributed by atoms with van der Waals surface area (Å²) in [6.45, 7) is 0. The molecule has 0 saturated heterocycles. The van der Waals surface area contributed by atoms with Crippen molar-refractivity contribution < 1.29 is 89.6 Å². The Morgan fingerprint density at radius 1 is 0.810 bits per heavy atom. The van der Waals surface area contributed by atoms with Gasteiger partial charge in [-0.3, -0.25) is 13.0 Å². The molecule has 0 aliphatic heterocycles. The van der Waals surface area contributed by atoms with Gasteiger partial charge in [0.1, 0.15) is 4.90 Å². The van der Waals surface area contributed by atoms with Gasteiger partial charge < -0.3 is 9.11 Å². The molecule has 0 fully saturated rings. The Balaban J connectivity index is 0. The summed E-state index contributed by atoms with van der Waals surface area (Å²) in [6.07, 6.45) is 0. The normalized spacial score (nSPS) is 10.6. The van der Waals surface area contributed by atoms with Gasteiger partial charge >= 0.3 is 59.1 Å². The Bertz CT molecular complexity index is 775. The number of hydrogen-bond acceptors (Lipinski definition) is 6. The van der Waals surface area contributed by atoms with Crippen LogP contribution in [0, 0.1) is 0 Å². The Morgan fingerprint density at radius 3 is 1.71 bits per heavy atom. The summed E-state index contributed by atoms with van der Waals surface area (Å²) in [4.78, 5) is -0.0457. The molecule has 0 unspecified atom stereocenters. The van der Waals surface area contributed by atoms with Crippen molar-refractivity contribution in [1.82, 2.24) is 0 Å². The quantitative estimate of drug-likeness (QED) is 0.308. The molecule has 0 saturated carbocycles. The van der Waals surface area contributed by atoms with Crippen molar-refractivity contribution in [2.45, 2.75) is 4.90 Å². The molecule has 1 N–H and O–H groups in total. The van der Waals surface area contributed by atoms with Crippen LogP contribution in [0.2, 0.25) is 0 Å². The monoisotopic (exact) mass is 350 g/mol. The predicted octanol–water partition coefficient (Wildman–Crippen LogP) is -5.24. The molecular weight excluding hydrogens is 342 g/mol. The first-order valence-electron chi connectivity index (χ1n) is 4.71. The van der Waals surface area contributed by atoms with Crippen LogP contribution in [-0.4, -0.2) is 30.5 Å². The van der Waals surface area contributed by atoms with Crippen LogP contribution in [0.4, 0.5) is 0 Å². The summed E-state index contributed by atoms with van der Waals surface area (Å²) in [7, 11) is -9.30. The van der Waals surface area contributed by atoms with Crippen molar-refractivity contribution in [3.63, 3.8) is 0 Å². The van der Waals surface area contributed by atoms with Crippen molar-refractivity contribution in [1.29, 1.82) is 0 Å². The fourth-order valence-corrected chi connectivity index (χ4v) is 2.13. The molecule has 2 aromatic rings.